The van der Waals surface area contributed by atoms with Gasteiger partial charge in [0.1, 0.15) is 0 Å². The first-order valence-electron chi connectivity index (χ1n) is 7.67. The van der Waals surface area contributed by atoms with Gasteiger partial charge in [0.05, 0.1) is 24.2 Å². The van der Waals surface area contributed by atoms with E-state index in [0.717, 1.165) is 11.3 Å². The lowest BCUT2D eigenvalue weighted by Crippen LogP contribution is -2.41. The second-order valence-corrected chi connectivity index (χ2v) is 5.62. The minimum absolute atomic E-state index is 0. The largest absolute Gasteiger partial charge is 0.346 e. The molecule has 3 amide bonds. The normalized spacial score (nSPS) is 13.5. The third-order valence-electron chi connectivity index (χ3n) is 3.77. The zero-order chi connectivity index (χ0) is 17.9. The lowest BCUT2D eigenvalue weighted by atomic mass is 10.1. The summed E-state index contributed by atoms with van der Waals surface area (Å²) in [4.78, 5) is 37.6. The standard InChI is InChI=1S/C16H19F2N3O3.ClH/c1-2-3-6-21-14(23)11-5-4-10(7-12(11)15(21)24)13(22)20-9-16(17,18)8-19;/h4-5,7H,2-3,6,8-9,19H2,1H3,(H,20,22);1H. The van der Waals surface area contributed by atoms with Crippen molar-refractivity contribution < 1.29 is 23.2 Å². The van der Waals surface area contributed by atoms with Gasteiger partial charge >= 0.3 is 0 Å². The van der Waals surface area contributed by atoms with Crippen molar-refractivity contribution in [2.45, 2.75) is 25.7 Å². The van der Waals surface area contributed by atoms with Gasteiger partial charge in [-0.25, -0.2) is 8.78 Å². The second kappa shape index (κ2) is 8.35. The Morgan fingerprint density at radius 1 is 1.24 bits per heavy atom. The number of benzene rings is 1. The molecule has 1 aromatic carbocycles. The fourth-order valence-corrected chi connectivity index (χ4v) is 2.34. The van der Waals surface area contributed by atoms with Crippen LogP contribution in [0.5, 0.6) is 0 Å². The first kappa shape index (κ1) is 21.0. The first-order valence-corrected chi connectivity index (χ1v) is 7.67. The number of unbranched alkanes of at least 4 members (excludes halogenated alkanes) is 1. The highest BCUT2D eigenvalue weighted by Gasteiger charge is 2.35. The van der Waals surface area contributed by atoms with E-state index in [1.165, 1.54) is 18.2 Å². The Bertz CT molecular complexity index is 683. The predicted octanol–water partition coefficient (Wildman–Crippen LogP) is 1.83. The molecule has 3 N–H and O–H groups in total. The number of nitrogens with two attached hydrogens (primary N) is 1. The van der Waals surface area contributed by atoms with E-state index in [-0.39, 0.29) is 29.1 Å². The molecular weight excluding hydrogens is 356 g/mol. The van der Waals surface area contributed by atoms with Crippen LogP contribution in [0.3, 0.4) is 0 Å². The molecule has 1 heterocycles. The maximum Gasteiger partial charge on any atom is 0.277 e. The molecule has 138 valence electrons. The number of rotatable bonds is 7. The third-order valence-corrected chi connectivity index (χ3v) is 3.77. The van der Waals surface area contributed by atoms with Crippen LogP contribution in [0, 0.1) is 0 Å². The summed E-state index contributed by atoms with van der Waals surface area (Å²) in [5, 5.41) is 2.07. The summed E-state index contributed by atoms with van der Waals surface area (Å²) < 4.78 is 26.2. The van der Waals surface area contributed by atoms with Gasteiger partial charge in [-0.2, -0.15) is 0 Å². The summed E-state index contributed by atoms with van der Waals surface area (Å²) >= 11 is 0. The number of nitrogens with one attached hydrogen (secondary N) is 1. The molecular formula is C16H20ClF2N3O3. The molecule has 0 aliphatic carbocycles. The second-order valence-electron chi connectivity index (χ2n) is 5.62. The van der Waals surface area contributed by atoms with Gasteiger partial charge in [0.2, 0.25) is 0 Å². The average molecular weight is 376 g/mol. The summed E-state index contributed by atoms with van der Waals surface area (Å²) in [6.45, 7) is 0.483. The summed E-state index contributed by atoms with van der Waals surface area (Å²) in [5.74, 6) is -4.82. The molecule has 2 rings (SSSR count). The fourth-order valence-electron chi connectivity index (χ4n) is 2.34. The molecule has 0 spiro atoms. The number of hydrogen-bond donors (Lipinski definition) is 2. The number of alkyl halides is 2. The highest BCUT2D eigenvalue weighted by Crippen LogP contribution is 2.24. The maximum atomic E-state index is 13.1. The van der Waals surface area contributed by atoms with Gasteiger partial charge in [0, 0.05) is 12.1 Å². The summed E-state index contributed by atoms with van der Waals surface area (Å²) in [5.41, 5.74) is 5.29. The fraction of sp³-hybridized carbons (Fsp3) is 0.438. The van der Waals surface area contributed by atoms with Crippen LogP contribution in [0.2, 0.25) is 0 Å². The van der Waals surface area contributed by atoms with Gasteiger partial charge in [-0.3, -0.25) is 19.3 Å². The van der Waals surface area contributed by atoms with Crippen LogP contribution in [0.25, 0.3) is 0 Å². The molecule has 6 nitrogen and oxygen atoms in total. The van der Waals surface area contributed by atoms with Gasteiger partial charge in [-0.15, -0.1) is 12.4 Å². The molecule has 0 saturated carbocycles. The molecule has 0 saturated heterocycles. The number of amides is 3. The molecule has 0 unspecified atom stereocenters. The average Bonchev–Trinajstić information content (AvgIpc) is 2.81. The molecule has 0 atom stereocenters. The van der Waals surface area contributed by atoms with E-state index in [2.05, 4.69) is 5.32 Å². The Morgan fingerprint density at radius 3 is 2.48 bits per heavy atom. The van der Waals surface area contributed by atoms with Gasteiger partial charge in [0.15, 0.2) is 0 Å². The number of nitrogens with zero attached hydrogens (tertiary/aromatic N) is 1. The Labute approximate surface area is 150 Å². The quantitative estimate of drug-likeness (QED) is 0.711. The topological polar surface area (TPSA) is 92.5 Å². The zero-order valence-corrected chi connectivity index (χ0v) is 14.5. The molecule has 9 heteroatoms. The molecule has 1 aliphatic rings. The number of hydrogen-bond acceptors (Lipinski definition) is 4. The molecule has 0 fully saturated rings. The Morgan fingerprint density at radius 2 is 1.88 bits per heavy atom. The van der Waals surface area contributed by atoms with Crippen molar-refractivity contribution in [3.8, 4) is 0 Å². The Kier molecular flexibility index (Phi) is 7.01. The summed E-state index contributed by atoms with van der Waals surface area (Å²) in [6.07, 6.45) is 1.52. The van der Waals surface area contributed by atoms with Crippen molar-refractivity contribution in [1.29, 1.82) is 0 Å². The van der Waals surface area contributed by atoms with Crippen molar-refractivity contribution in [2.75, 3.05) is 19.6 Å². The SMILES string of the molecule is CCCCN1C(=O)c2ccc(C(=O)NCC(F)(F)CN)cc2C1=O.Cl. The number of halogens is 3. The smallest absolute Gasteiger partial charge is 0.277 e. The van der Waals surface area contributed by atoms with Crippen LogP contribution in [0.4, 0.5) is 8.78 Å². The monoisotopic (exact) mass is 375 g/mol. The molecule has 1 aromatic rings. The Hall–Kier alpha value is -2.06. The number of imide groups is 1. The van der Waals surface area contributed by atoms with E-state index in [9.17, 15) is 23.2 Å². The van der Waals surface area contributed by atoms with E-state index in [4.69, 9.17) is 5.73 Å². The van der Waals surface area contributed by atoms with Gasteiger partial charge in [0.25, 0.3) is 23.6 Å². The van der Waals surface area contributed by atoms with Gasteiger partial charge in [-0.1, -0.05) is 13.3 Å². The van der Waals surface area contributed by atoms with Crippen LogP contribution in [0.15, 0.2) is 18.2 Å². The van der Waals surface area contributed by atoms with E-state index < -0.39 is 36.7 Å². The van der Waals surface area contributed by atoms with Crippen molar-refractivity contribution in [3.63, 3.8) is 0 Å². The van der Waals surface area contributed by atoms with Crippen LogP contribution >= 0.6 is 12.4 Å². The summed E-state index contributed by atoms with van der Waals surface area (Å²) in [7, 11) is 0. The zero-order valence-electron chi connectivity index (χ0n) is 13.7. The molecule has 1 aliphatic heterocycles. The van der Waals surface area contributed by atoms with Gasteiger partial charge < -0.3 is 11.1 Å². The number of carbonyl (C=O) groups excluding carboxylic acids is 3. The van der Waals surface area contributed by atoms with Crippen molar-refractivity contribution in [3.05, 3.63) is 34.9 Å². The molecule has 0 bridgehead atoms. The van der Waals surface area contributed by atoms with Crippen LogP contribution in [0.1, 0.15) is 50.8 Å². The van der Waals surface area contributed by atoms with E-state index in [1.807, 2.05) is 6.92 Å². The third kappa shape index (κ3) is 4.52. The van der Waals surface area contributed by atoms with Gasteiger partial charge in [-0.05, 0) is 24.6 Å². The van der Waals surface area contributed by atoms with Crippen LogP contribution in [-0.2, 0) is 0 Å². The van der Waals surface area contributed by atoms with E-state index in [0.29, 0.717) is 13.0 Å². The number of carbonyl (C=O) groups is 3. The Balaban J connectivity index is 0.00000312. The van der Waals surface area contributed by atoms with E-state index >= 15 is 0 Å². The summed E-state index contributed by atoms with van der Waals surface area (Å²) in [6, 6.07) is 3.97. The van der Waals surface area contributed by atoms with Crippen LogP contribution in [-0.4, -0.2) is 48.2 Å². The van der Waals surface area contributed by atoms with Crippen LogP contribution < -0.4 is 11.1 Å². The van der Waals surface area contributed by atoms with Crippen molar-refractivity contribution >= 4 is 30.1 Å². The lowest BCUT2D eigenvalue weighted by Gasteiger charge is -2.14. The van der Waals surface area contributed by atoms with E-state index in [1.54, 1.807) is 0 Å². The molecule has 0 radical (unpaired) electrons. The minimum Gasteiger partial charge on any atom is -0.346 e. The van der Waals surface area contributed by atoms with Crippen molar-refractivity contribution in [2.24, 2.45) is 5.73 Å². The maximum absolute atomic E-state index is 13.1. The minimum atomic E-state index is -3.20. The first-order chi connectivity index (χ1) is 11.3. The predicted molar refractivity (Wildman–Crippen MR) is 90.3 cm³/mol. The lowest BCUT2D eigenvalue weighted by molar-refractivity contribution is 0.0118. The highest BCUT2D eigenvalue weighted by molar-refractivity contribution is 6.22. The highest BCUT2D eigenvalue weighted by atomic mass is 35.5. The number of fused-ring (bicyclic) bond motifs is 1. The van der Waals surface area contributed by atoms with Crippen molar-refractivity contribution in [1.82, 2.24) is 10.2 Å². The molecule has 25 heavy (non-hydrogen) atoms. The molecule has 0 aromatic heterocycles.